The molecule has 0 spiro atoms. The van der Waals surface area contributed by atoms with Crippen LogP contribution in [-0.2, 0) is 0 Å². The van der Waals surface area contributed by atoms with Gasteiger partial charge in [-0.15, -0.1) is 0 Å². The third-order valence-electron chi connectivity index (χ3n) is 16.7. The molecule has 0 N–H and O–H groups in total. The molecular formula is C74H44N4. The fraction of sp³-hybridized carbons (Fsp3) is 0. The molecule has 3 heterocycles. The lowest BCUT2D eigenvalue weighted by molar-refractivity contribution is 0.996. The zero-order chi connectivity index (χ0) is 51.0. The summed E-state index contributed by atoms with van der Waals surface area (Å²) >= 11 is 0. The SMILES string of the molecule is c1ccc2cc(-n3c4ccccc4c4cc(-c5ccc6c(c5)c5ccccc5n6-c5nc(-c6ccc7c8ccccc8c8ccccc8c7c6)cc(-c6ccc7c8ccccc8c8ccccc8c7c6)n5)ccc43)ccc2c1. The number of para-hydroxylation sites is 2. The Morgan fingerprint density at radius 2 is 0.551 bits per heavy atom. The first kappa shape index (κ1) is 42.9. The molecule has 78 heavy (non-hydrogen) atoms. The predicted octanol–water partition coefficient (Wildman–Crippen LogP) is 19.7. The third-order valence-corrected chi connectivity index (χ3v) is 16.7. The summed E-state index contributed by atoms with van der Waals surface area (Å²) in [4.78, 5) is 11.2. The van der Waals surface area contributed by atoms with E-state index in [0.717, 1.165) is 61.1 Å². The second-order valence-electron chi connectivity index (χ2n) is 20.8. The standard InChI is InChI=1S/C74H44N4/c1-2-16-46-39-51(34-29-45(46)15-1)77-70-27-13-11-25-62(70)66-40-47(32-37-72(66)77)48-33-38-73-67(41-48)63-26-12-14-28-71(63)78(73)74-75-68(49-30-35-60-56-21-5-3-17-52(56)54-19-7-9-23-58(54)64(60)42-49)44-69(76-74)50-31-36-61-57-22-6-4-18-53(57)55-20-8-10-24-59(55)65(61)43-50/h1-44H. The highest BCUT2D eigenvalue weighted by Gasteiger charge is 2.21. The van der Waals surface area contributed by atoms with Crippen LogP contribution in [-0.4, -0.2) is 19.1 Å². The van der Waals surface area contributed by atoms with Crippen LogP contribution in [0.1, 0.15) is 0 Å². The van der Waals surface area contributed by atoms with E-state index >= 15 is 0 Å². The zero-order valence-corrected chi connectivity index (χ0v) is 42.2. The number of nitrogens with zero attached hydrogens (tertiary/aromatic N) is 4. The average molecular weight is 989 g/mol. The summed E-state index contributed by atoms with van der Waals surface area (Å²) < 4.78 is 4.68. The van der Waals surface area contributed by atoms with E-state index in [4.69, 9.17) is 9.97 Å². The van der Waals surface area contributed by atoms with Gasteiger partial charge in [0.15, 0.2) is 0 Å². The molecular weight excluding hydrogens is 945 g/mol. The summed E-state index contributed by atoms with van der Waals surface area (Å²) in [5, 5.41) is 22.0. The van der Waals surface area contributed by atoms with Crippen molar-refractivity contribution >= 4 is 119 Å². The van der Waals surface area contributed by atoms with E-state index in [9.17, 15) is 0 Å². The summed E-state index contributed by atoms with van der Waals surface area (Å²) in [5.41, 5.74) is 11.7. The van der Waals surface area contributed by atoms with Crippen LogP contribution in [0, 0.1) is 0 Å². The fourth-order valence-electron chi connectivity index (χ4n) is 13.1. The van der Waals surface area contributed by atoms with Gasteiger partial charge in [-0.2, -0.15) is 0 Å². The quantitative estimate of drug-likeness (QED) is 0.161. The first-order valence-electron chi connectivity index (χ1n) is 26.8. The van der Waals surface area contributed by atoms with E-state index in [-0.39, 0.29) is 0 Å². The normalized spacial score (nSPS) is 12.1. The lowest BCUT2D eigenvalue weighted by atomic mass is 9.92. The maximum Gasteiger partial charge on any atom is 0.235 e. The molecule has 0 aliphatic carbocycles. The molecule has 0 atom stereocenters. The largest absolute Gasteiger partial charge is 0.309 e. The Kier molecular flexibility index (Phi) is 9.09. The van der Waals surface area contributed by atoms with Gasteiger partial charge in [0.05, 0.1) is 33.5 Å². The first-order chi connectivity index (χ1) is 38.7. The Morgan fingerprint density at radius 1 is 0.205 bits per heavy atom. The monoisotopic (exact) mass is 988 g/mol. The van der Waals surface area contributed by atoms with Crippen molar-refractivity contribution < 1.29 is 0 Å². The molecule has 0 fully saturated rings. The molecule has 0 unspecified atom stereocenters. The smallest absolute Gasteiger partial charge is 0.235 e. The molecule has 4 heteroatoms. The fourth-order valence-corrected chi connectivity index (χ4v) is 13.1. The molecule has 0 aliphatic heterocycles. The topological polar surface area (TPSA) is 35.6 Å². The maximum absolute atomic E-state index is 5.61. The second kappa shape index (κ2) is 16.5. The summed E-state index contributed by atoms with van der Waals surface area (Å²) in [6.45, 7) is 0. The van der Waals surface area contributed by atoms with Crippen LogP contribution >= 0.6 is 0 Å². The van der Waals surface area contributed by atoms with Crippen molar-refractivity contribution in [3.63, 3.8) is 0 Å². The van der Waals surface area contributed by atoms with Crippen molar-refractivity contribution in [1.82, 2.24) is 19.1 Å². The molecule has 4 nitrogen and oxygen atoms in total. The highest BCUT2D eigenvalue weighted by molar-refractivity contribution is 6.27. The summed E-state index contributed by atoms with van der Waals surface area (Å²) in [7, 11) is 0. The van der Waals surface area contributed by atoms with Crippen molar-refractivity contribution in [3.05, 3.63) is 267 Å². The second-order valence-corrected chi connectivity index (χ2v) is 20.8. The molecule has 360 valence electrons. The van der Waals surface area contributed by atoms with Gasteiger partial charge < -0.3 is 4.57 Å². The highest BCUT2D eigenvalue weighted by atomic mass is 15.2. The van der Waals surface area contributed by atoms with Gasteiger partial charge in [-0.3, -0.25) is 4.57 Å². The minimum Gasteiger partial charge on any atom is -0.309 e. The molecule has 0 bridgehead atoms. The van der Waals surface area contributed by atoms with E-state index in [1.54, 1.807) is 0 Å². The lowest BCUT2D eigenvalue weighted by Crippen LogP contribution is -2.04. The molecule has 0 saturated carbocycles. The van der Waals surface area contributed by atoms with Gasteiger partial charge >= 0.3 is 0 Å². The van der Waals surface area contributed by atoms with Gasteiger partial charge in [0.1, 0.15) is 0 Å². The number of hydrogen-bond donors (Lipinski definition) is 0. The minimum atomic E-state index is 0.622. The zero-order valence-electron chi connectivity index (χ0n) is 42.2. The van der Waals surface area contributed by atoms with Crippen molar-refractivity contribution in [2.24, 2.45) is 0 Å². The Bertz CT molecular complexity index is 5160. The summed E-state index contributed by atoms with van der Waals surface area (Å²) in [5.74, 6) is 0.622. The first-order valence-corrected chi connectivity index (χ1v) is 26.8. The number of hydrogen-bond acceptors (Lipinski definition) is 2. The Balaban J connectivity index is 0.873. The number of rotatable bonds is 5. The number of fused-ring (bicyclic) bond motifs is 19. The van der Waals surface area contributed by atoms with Crippen molar-refractivity contribution in [1.29, 1.82) is 0 Å². The van der Waals surface area contributed by atoms with Gasteiger partial charge in [0, 0.05) is 38.4 Å². The Morgan fingerprint density at radius 3 is 1.04 bits per heavy atom. The van der Waals surface area contributed by atoms with Gasteiger partial charge in [-0.05, 0) is 153 Å². The number of benzene rings is 14. The number of aromatic nitrogens is 4. The van der Waals surface area contributed by atoms with Gasteiger partial charge in [0.25, 0.3) is 0 Å². The van der Waals surface area contributed by atoms with E-state index in [2.05, 4.69) is 276 Å². The lowest BCUT2D eigenvalue weighted by Gasteiger charge is -2.15. The van der Waals surface area contributed by atoms with Crippen LogP contribution in [0.2, 0.25) is 0 Å². The van der Waals surface area contributed by atoms with Crippen LogP contribution in [0.15, 0.2) is 267 Å². The van der Waals surface area contributed by atoms with Crippen LogP contribution in [0.25, 0.3) is 164 Å². The molecule has 17 rings (SSSR count). The van der Waals surface area contributed by atoms with Crippen LogP contribution in [0.5, 0.6) is 0 Å². The molecule has 3 aromatic heterocycles. The van der Waals surface area contributed by atoms with Gasteiger partial charge in [0.2, 0.25) is 5.95 Å². The summed E-state index contributed by atoms with van der Waals surface area (Å²) in [6, 6.07) is 97.7. The van der Waals surface area contributed by atoms with Crippen LogP contribution in [0.4, 0.5) is 0 Å². The van der Waals surface area contributed by atoms with Crippen molar-refractivity contribution in [3.8, 4) is 45.3 Å². The van der Waals surface area contributed by atoms with Crippen LogP contribution < -0.4 is 0 Å². The van der Waals surface area contributed by atoms with Crippen molar-refractivity contribution in [2.75, 3.05) is 0 Å². The predicted molar refractivity (Wildman–Crippen MR) is 330 cm³/mol. The molecule has 0 amide bonds. The molecule has 0 radical (unpaired) electrons. The molecule has 0 aliphatic rings. The average Bonchev–Trinajstić information content (AvgIpc) is 4.20. The third kappa shape index (κ3) is 6.35. The maximum atomic E-state index is 5.61. The highest BCUT2D eigenvalue weighted by Crippen LogP contribution is 2.42. The Hall–Kier alpha value is -10.4. The van der Waals surface area contributed by atoms with E-state index in [1.165, 1.54) is 97.2 Å². The molecule has 0 saturated heterocycles. The van der Waals surface area contributed by atoms with Crippen LogP contribution in [0.3, 0.4) is 0 Å². The van der Waals surface area contributed by atoms with E-state index in [0.29, 0.717) is 5.95 Å². The van der Waals surface area contributed by atoms with Crippen molar-refractivity contribution in [2.45, 2.75) is 0 Å². The van der Waals surface area contributed by atoms with E-state index < -0.39 is 0 Å². The van der Waals surface area contributed by atoms with Gasteiger partial charge in [-0.25, -0.2) is 9.97 Å². The van der Waals surface area contributed by atoms with E-state index in [1.807, 2.05) is 0 Å². The van der Waals surface area contributed by atoms with Gasteiger partial charge in [-0.1, -0.05) is 200 Å². The molecule has 17 aromatic rings. The minimum absolute atomic E-state index is 0.622. The molecule has 14 aromatic carbocycles. The Labute approximate surface area is 447 Å². The summed E-state index contributed by atoms with van der Waals surface area (Å²) in [6.07, 6.45) is 0.